The minimum absolute atomic E-state index is 0.0466. The summed E-state index contributed by atoms with van der Waals surface area (Å²) in [7, 11) is 0. The van der Waals surface area contributed by atoms with E-state index in [-0.39, 0.29) is 5.91 Å². The van der Waals surface area contributed by atoms with Gasteiger partial charge in [-0.3, -0.25) is 4.79 Å². The third-order valence-electron chi connectivity index (χ3n) is 4.19. The molecule has 0 saturated heterocycles. The van der Waals surface area contributed by atoms with E-state index in [2.05, 4.69) is 16.4 Å². The molecule has 0 aliphatic carbocycles. The van der Waals surface area contributed by atoms with Gasteiger partial charge < -0.3 is 9.73 Å². The molecular weight excluding hydrogens is 344 g/mol. The summed E-state index contributed by atoms with van der Waals surface area (Å²) in [6.45, 7) is 2.05. The fourth-order valence-corrected chi connectivity index (χ4v) is 3.54. The van der Waals surface area contributed by atoms with Crippen LogP contribution in [0.5, 0.6) is 0 Å². The third kappa shape index (κ3) is 3.68. The quantitative estimate of drug-likeness (QED) is 0.514. The summed E-state index contributed by atoms with van der Waals surface area (Å²) < 4.78 is 6.98. The highest BCUT2D eigenvalue weighted by Gasteiger charge is 2.09. The molecule has 0 atom stereocenters. The standard InChI is InChI=1S/C21H18N2O2S/c1-14-2-4-15(5-3-14)18-13-22-21(25-18)9-8-20(24)23-17-6-7-19-16(12-17)10-11-26-19/h2-7,10-13H,8-9H2,1H3,(H,23,24). The molecule has 0 radical (unpaired) electrons. The van der Waals surface area contributed by atoms with Gasteiger partial charge in [0.25, 0.3) is 0 Å². The van der Waals surface area contributed by atoms with Crippen LogP contribution in [0.4, 0.5) is 5.69 Å². The number of oxazole rings is 1. The van der Waals surface area contributed by atoms with Crippen molar-refractivity contribution in [2.24, 2.45) is 0 Å². The molecule has 2 aromatic heterocycles. The van der Waals surface area contributed by atoms with Crippen LogP contribution < -0.4 is 5.32 Å². The number of aromatic nitrogens is 1. The lowest BCUT2D eigenvalue weighted by molar-refractivity contribution is -0.116. The topological polar surface area (TPSA) is 55.1 Å². The highest BCUT2D eigenvalue weighted by atomic mass is 32.1. The summed E-state index contributed by atoms with van der Waals surface area (Å²) in [5.74, 6) is 1.25. The molecule has 0 aliphatic heterocycles. The second-order valence-electron chi connectivity index (χ2n) is 6.21. The van der Waals surface area contributed by atoms with Crippen molar-refractivity contribution in [2.75, 3.05) is 5.32 Å². The molecule has 130 valence electrons. The monoisotopic (exact) mass is 362 g/mol. The molecule has 0 spiro atoms. The zero-order chi connectivity index (χ0) is 17.9. The first-order chi connectivity index (χ1) is 12.7. The molecule has 5 heteroatoms. The van der Waals surface area contributed by atoms with Gasteiger partial charge in [0.05, 0.1) is 6.20 Å². The number of carbonyl (C=O) groups is 1. The summed E-state index contributed by atoms with van der Waals surface area (Å²) in [5, 5.41) is 6.12. The van der Waals surface area contributed by atoms with Crippen molar-refractivity contribution in [3.63, 3.8) is 0 Å². The predicted molar refractivity (Wildman–Crippen MR) is 105 cm³/mol. The van der Waals surface area contributed by atoms with Crippen LogP contribution in [-0.2, 0) is 11.2 Å². The van der Waals surface area contributed by atoms with Gasteiger partial charge in [-0.1, -0.05) is 29.8 Å². The number of carbonyl (C=O) groups excluding carboxylic acids is 1. The number of anilines is 1. The van der Waals surface area contributed by atoms with Gasteiger partial charge >= 0.3 is 0 Å². The van der Waals surface area contributed by atoms with Gasteiger partial charge in [-0.15, -0.1) is 11.3 Å². The van der Waals surface area contributed by atoms with Gasteiger partial charge in [0, 0.05) is 28.8 Å². The van der Waals surface area contributed by atoms with E-state index in [0.717, 1.165) is 22.4 Å². The zero-order valence-electron chi connectivity index (χ0n) is 14.4. The lowest BCUT2D eigenvalue weighted by Crippen LogP contribution is -2.12. The van der Waals surface area contributed by atoms with E-state index >= 15 is 0 Å². The number of rotatable bonds is 5. The fourth-order valence-electron chi connectivity index (χ4n) is 2.77. The van der Waals surface area contributed by atoms with Crippen molar-refractivity contribution in [3.8, 4) is 11.3 Å². The van der Waals surface area contributed by atoms with Crippen LogP contribution in [0.3, 0.4) is 0 Å². The van der Waals surface area contributed by atoms with Crippen molar-refractivity contribution in [2.45, 2.75) is 19.8 Å². The van der Waals surface area contributed by atoms with Gasteiger partial charge in [-0.2, -0.15) is 0 Å². The summed E-state index contributed by atoms with van der Waals surface area (Å²) in [5.41, 5.74) is 3.00. The van der Waals surface area contributed by atoms with Crippen LogP contribution in [0.25, 0.3) is 21.4 Å². The van der Waals surface area contributed by atoms with E-state index in [4.69, 9.17) is 4.42 Å². The maximum Gasteiger partial charge on any atom is 0.224 e. The molecule has 1 N–H and O–H groups in total. The first-order valence-electron chi connectivity index (χ1n) is 8.46. The third-order valence-corrected chi connectivity index (χ3v) is 5.09. The van der Waals surface area contributed by atoms with Gasteiger partial charge in [-0.25, -0.2) is 4.98 Å². The number of benzene rings is 2. The van der Waals surface area contributed by atoms with Gasteiger partial charge in [-0.05, 0) is 42.0 Å². The van der Waals surface area contributed by atoms with Crippen LogP contribution in [0.2, 0.25) is 0 Å². The Labute approximate surface area is 155 Å². The summed E-state index contributed by atoms with van der Waals surface area (Å²) >= 11 is 1.69. The van der Waals surface area contributed by atoms with E-state index in [1.54, 1.807) is 17.5 Å². The maximum atomic E-state index is 12.2. The van der Waals surface area contributed by atoms with Crippen LogP contribution in [0.15, 0.2) is 64.5 Å². The SMILES string of the molecule is Cc1ccc(-c2cnc(CCC(=O)Nc3ccc4sccc4c3)o2)cc1. The molecule has 4 aromatic rings. The lowest BCUT2D eigenvalue weighted by Gasteiger charge is -2.04. The molecule has 2 aromatic carbocycles. The first kappa shape index (κ1) is 16.5. The lowest BCUT2D eigenvalue weighted by atomic mass is 10.1. The highest BCUT2D eigenvalue weighted by Crippen LogP contribution is 2.24. The molecule has 4 nitrogen and oxygen atoms in total. The Morgan fingerprint density at radius 3 is 2.85 bits per heavy atom. The van der Waals surface area contributed by atoms with Gasteiger partial charge in [0.2, 0.25) is 5.91 Å². The zero-order valence-corrected chi connectivity index (χ0v) is 15.2. The fraction of sp³-hybridized carbons (Fsp3) is 0.143. The molecular formula is C21H18N2O2S. The second-order valence-corrected chi connectivity index (χ2v) is 7.15. The normalized spacial score (nSPS) is 11.0. The molecule has 0 aliphatic rings. The van der Waals surface area contributed by atoms with Gasteiger partial charge in [0.1, 0.15) is 0 Å². The Bertz CT molecular complexity index is 1050. The van der Waals surface area contributed by atoms with Crippen molar-refractivity contribution >= 4 is 33.0 Å². The molecule has 1 amide bonds. The van der Waals surface area contributed by atoms with E-state index in [9.17, 15) is 4.79 Å². The maximum absolute atomic E-state index is 12.2. The second kappa shape index (κ2) is 7.14. The number of thiophene rings is 1. The van der Waals surface area contributed by atoms with Crippen LogP contribution in [0, 0.1) is 6.92 Å². The Kier molecular flexibility index (Phi) is 4.54. The first-order valence-corrected chi connectivity index (χ1v) is 9.34. The minimum atomic E-state index is -0.0466. The van der Waals surface area contributed by atoms with Crippen molar-refractivity contribution < 1.29 is 9.21 Å². The van der Waals surface area contributed by atoms with E-state index in [0.29, 0.717) is 18.7 Å². The van der Waals surface area contributed by atoms with Crippen LogP contribution in [0.1, 0.15) is 17.9 Å². The van der Waals surface area contributed by atoms with E-state index < -0.39 is 0 Å². The minimum Gasteiger partial charge on any atom is -0.441 e. The largest absolute Gasteiger partial charge is 0.441 e. The van der Waals surface area contributed by atoms with Gasteiger partial charge in [0.15, 0.2) is 11.7 Å². The summed E-state index contributed by atoms with van der Waals surface area (Å²) in [6, 6.07) is 16.1. The van der Waals surface area contributed by atoms with Crippen molar-refractivity contribution in [1.29, 1.82) is 0 Å². The number of amides is 1. The molecule has 2 heterocycles. The summed E-state index contributed by atoms with van der Waals surface area (Å²) in [4.78, 5) is 16.5. The molecule has 0 bridgehead atoms. The Morgan fingerprint density at radius 1 is 1.15 bits per heavy atom. The van der Waals surface area contributed by atoms with Crippen LogP contribution >= 0.6 is 11.3 Å². The number of aryl methyl sites for hydroxylation is 2. The van der Waals surface area contributed by atoms with Crippen molar-refractivity contribution in [1.82, 2.24) is 4.98 Å². The molecule has 0 unspecified atom stereocenters. The molecule has 0 saturated carbocycles. The summed E-state index contributed by atoms with van der Waals surface area (Å²) in [6.07, 6.45) is 2.51. The van der Waals surface area contributed by atoms with E-state index in [1.165, 1.54) is 10.3 Å². The number of nitrogens with zero attached hydrogens (tertiary/aromatic N) is 1. The average Bonchev–Trinajstić information content (AvgIpc) is 3.29. The smallest absolute Gasteiger partial charge is 0.224 e. The van der Waals surface area contributed by atoms with Crippen molar-refractivity contribution in [3.05, 3.63) is 71.6 Å². The number of hydrogen-bond acceptors (Lipinski definition) is 4. The Hall–Kier alpha value is -2.92. The molecule has 26 heavy (non-hydrogen) atoms. The van der Waals surface area contributed by atoms with E-state index in [1.807, 2.05) is 54.8 Å². The number of nitrogens with one attached hydrogen (secondary N) is 1. The molecule has 4 rings (SSSR count). The number of hydrogen-bond donors (Lipinski definition) is 1. The predicted octanol–water partition coefficient (Wildman–Crippen LogP) is 5.44. The highest BCUT2D eigenvalue weighted by molar-refractivity contribution is 7.17. The number of fused-ring (bicyclic) bond motifs is 1. The molecule has 0 fully saturated rings. The Balaban J connectivity index is 1.36. The average molecular weight is 362 g/mol. The van der Waals surface area contributed by atoms with Crippen LogP contribution in [-0.4, -0.2) is 10.9 Å². The Morgan fingerprint density at radius 2 is 2.00 bits per heavy atom.